The van der Waals surface area contributed by atoms with Gasteiger partial charge in [-0.05, 0) is 31.7 Å². The molecule has 0 bridgehead atoms. The minimum atomic E-state index is 0.208. The van der Waals surface area contributed by atoms with Crippen LogP contribution in [0, 0.1) is 5.92 Å². The van der Waals surface area contributed by atoms with E-state index in [-0.39, 0.29) is 5.91 Å². The second-order valence-corrected chi connectivity index (χ2v) is 4.47. The Kier molecular flexibility index (Phi) is 10.5. The Labute approximate surface area is 100 Å². The number of nitrogens with two attached hydrogens (primary N) is 1. The van der Waals surface area contributed by atoms with Gasteiger partial charge in [-0.15, -0.1) is 0 Å². The smallest absolute Gasteiger partial charge is 0.220 e. The van der Waals surface area contributed by atoms with Gasteiger partial charge in [0.2, 0.25) is 5.91 Å². The number of nitrogens with one attached hydrogen (secondary N) is 1. The highest BCUT2D eigenvalue weighted by atomic mass is 16.1. The van der Waals surface area contributed by atoms with Crippen molar-refractivity contribution >= 4 is 5.91 Å². The van der Waals surface area contributed by atoms with Gasteiger partial charge in [0.05, 0.1) is 0 Å². The van der Waals surface area contributed by atoms with E-state index >= 15 is 0 Å². The van der Waals surface area contributed by atoms with E-state index in [1.54, 1.807) is 0 Å². The van der Waals surface area contributed by atoms with Crippen molar-refractivity contribution in [3.8, 4) is 0 Å². The number of unbranched alkanes of at least 4 members (excludes halogenated alkanes) is 2. The van der Waals surface area contributed by atoms with Crippen LogP contribution in [-0.2, 0) is 4.79 Å². The lowest BCUT2D eigenvalue weighted by Crippen LogP contribution is -2.26. The summed E-state index contributed by atoms with van der Waals surface area (Å²) in [5.41, 5.74) is 5.39. The van der Waals surface area contributed by atoms with E-state index in [2.05, 4.69) is 19.2 Å². The predicted molar refractivity (Wildman–Crippen MR) is 69.2 cm³/mol. The van der Waals surface area contributed by atoms with Gasteiger partial charge in [-0.2, -0.15) is 0 Å². The Morgan fingerprint density at radius 1 is 1.25 bits per heavy atom. The van der Waals surface area contributed by atoms with Crippen LogP contribution >= 0.6 is 0 Å². The first-order valence-corrected chi connectivity index (χ1v) is 6.71. The van der Waals surface area contributed by atoms with Crippen LogP contribution in [0.1, 0.15) is 58.8 Å². The van der Waals surface area contributed by atoms with Gasteiger partial charge in [-0.3, -0.25) is 4.79 Å². The Hall–Kier alpha value is -0.570. The molecule has 0 saturated carbocycles. The van der Waals surface area contributed by atoms with Crippen LogP contribution in [0.5, 0.6) is 0 Å². The average Bonchev–Trinajstić information content (AvgIpc) is 2.30. The molecule has 3 heteroatoms. The van der Waals surface area contributed by atoms with Crippen molar-refractivity contribution in [3.05, 3.63) is 0 Å². The second-order valence-electron chi connectivity index (χ2n) is 4.47. The molecule has 1 atom stereocenters. The Morgan fingerprint density at radius 3 is 2.56 bits per heavy atom. The lowest BCUT2D eigenvalue weighted by molar-refractivity contribution is -0.122. The van der Waals surface area contributed by atoms with Crippen LogP contribution < -0.4 is 11.1 Å². The van der Waals surface area contributed by atoms with E-state index in [1.807, 2.05) is 0 Å². The van der Waals surface area contributed by atoms with Crippen molar-refractivity contribution in [1.29, 1.82) is 0 Å². The normalized spacial score (nSPS) is 12.4. The van der Waals surface area contributed by atoms with Gasteiger partial charge in [0.1, 0.15) is 0 Å². The molecule has 0 spiro atoms. The molecule has 96 valence electrons. The van der Waals surface area contributed by atoms with Crippen LogP contribution in [0.3, 0.4) is 0 Å². The van der Waals surface area contributed by atoms with Crippen LogP contribution in [0.2, 0.25) is 0 Å². The summed E-state index contributed by atoms with van der Waals surface area (Å²) in [4.78, 5) is 11.6. The fraction of sp³-hybridized carbons (Fsp3) is 0.923. The lowest BCUT2D eigenvalue weighted by atomic mass is 9.95. The fourth-order valence-corrected chi connectivity index (χ4v) is 1.77. The topological polar surface area (TPSA) is 55.1 Å². The second kappa shape index (κ2) is 10.9. The zero-order valence-corrected chi connectivity index (χ0v) is 10.9. The molecule has 0 aromatic heterocycles. The number of amides is 1. The third-order valence-electron chi connectivity index (χ3n) is 2.97. The number of rotatable bonds is 10. The van der Waals surface area contributed by atoms with Crippen molar-refractivity contribution in [3.63, 3.8) is 0 Å². The van der Waals surface area contributed by atoms with Gasteiger partial charge in [-0.1, -0.05) is 33.1 Å². The van der Waals surface area contributed by atoms with E-state index in [0.717, 1.165) is 25.8 Å². The number of hydrogen-bond acceptors (Lipinski definition) is 2. The average molecular weight is 228 g/mol. The minimum Gasteiger partial charge on any atom is -0.356 e. The molecule has 0 aromatic rings. The maximum Gasteiger partial charge on any atom is 0.220 e. The van der Waals surface area contributed by atoms with E-state index < -0.39 is 0 Å². The Balaban J connectivity index is 3.57. The standard InChI is InChI=1S/C13H28N2O/c1-3-5-8-12(4-2)11-13(16)15-10-7-6-9-14/h12H,3-11,14H2,1-2H3,(H,15,16). The molecule has 1 amide bonds. The monoisotopic (exact) mass is 228 g/mol. The molecule has 0 radical (unpaired) electrons. The van der Waals surface area contributed by atoms with Crippen molar-refractivity contribution in [2.24, 2.45) is 11.7 Å². The van der Waals surface area contributed by atoms with Crippen molar-refractivity contribution in [2.75, 3.05) is 13.1 Å². The summed E-state index contributed by atoms with van der Waals surface area (Å²) in [5, 5.41) is 2.96. The summed E-state index contributed by atoms with van der Waals surface area (Å²) in [5.74, 6) is 0.773. The molecule has 16 heavy (non-hydrogen) atoms. The van der Waals surface area contributed by atoms with Crippen molar-refractivity contribution in [1.82, 2.24) is 5.32 Å². The summed E-state index contributed by atoms with van der Waals surface area (Å²) in [6.45, 7) is 5.85. The maximum absolute atomic E-state index is 11.6. The fourth-order valence-electron chi connectivity index (χ4n) is 1.77. The highest BCUT2D eigenvalue weighted by molar-refractivity contribution is 5.76. The SMILES string of the molecule is CCCCC(CC)CC(=O)NCCCCN. The minimum absolute atomic E-state index is 0.208. The lowest BCUT2D eigenvalue weighted by Gasteiger charge is -2.13. The molecular weight excluding hydrogens is 200 g/mol. The highest BCUT2D eigenvalue weighted by Gasteiger charge is 2.10. The van der Waals surface area contributed by atoms with Crippen LogP contribution in [0.25, 0.3) is 0 Å². The van der Waals surface area contributed by atoms with E-state index in [4.69, 9.17) is 5.73 Å². The molecule has 0 aliphatic carbocycles. The van der Waals surface area contributed by atoms with Crippen LogP contribution in [-0.4, -0.2) is 19.0 Å². The van der Waals surface area contributed by atoms with Crippen molar-refractivity contribution < 1.29 is 4.79 Å². The quantitative estimate of drug-likeness (QED) is 0.564. The first kappa shape index (κ1) is 15.4. The van der Waals surface area contributed by atoms with Gasteiger partial charge >= 0.3 is 0 Å². The van der Waals surface area contributed by atoms with Gasteiger partial charge in [-0.25, -0.2) is 0 Å². The number of carbonyl (C=O) groups excluding carboxylic acids is 1. The third kappa shape index (κ3) is 8.72. The third-order valence-corrected chi connectivity index (χ3v) is 2.97. The number of carbonyl (C=O) groups is 1. The van der Waals surface area contributed by atoms with E-state index in [1.165, 1.54) is 19.3 Å². The van der Waals surface area contributed by atoms with E-state index in [0.29, 0.717) is 18.9 Å². The Bertz CT molecular complexity index is 171. The summed E-state index contributed by atoms with van der Waals surface area (Å²) in [6.07, 6.45) is 7.42. The van der Waals surface area contributed by atoms with Crippen molar-refractivity contribution in [2.45, 2.75) is 58.8 Å². The van der Waals surface area contributed by atoms with Gasteiger partial charge in [0, 0.05) is 13.0 Å². The van der Waals surface area contributed by atoms with Crippen LogP contribution in [0.4, 0.5) is 0 Å². The summed E-state index contributed by atoms with van der Waals surface area (Å²) in [7, 11) is 0. The zero-order chi connectivity index (χ0) is 12.2. The molecule has 0 aromatic carbocycles. The molecule has 1 unspecified atom stereocenters. The molecule has 0 aliphatic heterocycles. The summed E-state index contributed by atoms with van der Waals surface area (Å²) >= 11 is 0. The Morgan fingerprint density at radius 2 is 2.00 bits per heavy atom. The van der Waals surface area contributed by atoms with Gasteiger partial charge in [0.15, 0.2) is 0 Å². The largest absolute Gasteiger partial charge is 0.356 e. The molecule has 0 fully saturated rings. The maximum atomic E-state index is 11.6. The zero-order valence-electron chi connectivity index (χ0n) is 10.9. The highest BCUT2D eigenvalue weighted by Crippen LogP contribution is 2.16. The molecule has 0 rings (SSSR count). The summed E-state index contributed by atoms with van der Waals surface area (Å²) < 4.78 is 0. The van der Waals surface area contributed by atoms with Gasteiger partial charge in [0.25, 0.3) is 0 Å². The van der Waals surface area contributed by atoms with E-state index in [9.17, 15) is 4.79 Å². The predicted octanol–water partition coefficient (Wildman–Crippen LogP) is 2.45. The first-order chi connectivity index (χ1) is 7.74. The number of hydrogen-bond donors (Lipinski definition) is 2. The first-order valence-electron chi connectivity index (χ1n) is 6.71. The molecule has 3 nitrogen and oxygen atoms in total. The molecule has 0 aliphatic rings. The summed E-state index contributed by atoms with van der Waals surface area (Å²) in [6, 6.07) is 0. The molecule has 0 saturated heterocycles. The molecule has 3 N–H and O–H groups in total. The van der Waals surface area contributed by atoms with Gasteiger partial charge < -0.3 is 11.1 Å². The molecule has 0 heterocycles. The van der Waals surface area contributed by atoms with Crippen LogP contribution in [0.15, 0.2) is 0 Å². The molecular formula is C13H28N2O.